The van der Waals surface area contributed by atoms with Crippen molar-refractivity contribution in [2.45, 2.75) is 70.8 Å². The molecule has 0 spiro atoms. The van der Waals surface area contributed by atoms with Crippen molar-refractivity contribution < 1.29 is 14.7 Å². The largest absolute Gasteiger partial charge is 0.480 e. The zero-order valence-electron chi connectivity index (χ0n) is 12.7. The predicted octanol–water partition coefficient (Wildman–Crippen LogP) is 2.90. The Balaban J connectivity index is 2.32. The molecule has 2 amide bonds. The molecule has 0 bridgehead atoms. The van der Waals surface area contributed by atoms with E-state index in [-0.39, 0.29) is 6.03 Å². The number of hydrogen-bond donors (Lipinski definition) is 3. The SMILES string of the molecule is CCC(CC)(NC(=O)NCCC1CCCCC1)C(=O)O. The zero-order chi connectivity index (χ0) is 15.0. The van der Waals surface area contributed by atoms with Crippen LogP contribution in [0.1, 0.15) is 65.2 Å². The molecule has 3 N–H and O–H groups in total. The number of nitrogens with one attached hydrogen (secondary N) is 2. The topological polar surface area (TPSA) is 78.4 Å². The van der Waals surface area contributed by atoms with Crippen LogP contribution in [0.4, 0.5) is 4.79 Å². The van der Waals surface area contributed by atoms with E-state index in [9.17, 15) is 14.7 Å². The molecule has 0 atom stereocenters. The van der Waals surface area contributed by atoms with Crippen molar-refractivity contribution in [3.8, 4) is 0 Å². The van der Waals surface area contributed by atoms with Crippen LogP contribution in [0.15, 0.2) is 0 Å². The fraction of sp³-hybridized carbons (Fsp3) is 0.867. The number of urea groups is 1. The van der Waals surface area contributed by atoms with E-state index in [4.69, 9.17) is 0 Å². The lowest BCUT2D eigenvalue weighted by molar-refractivity contribution is -0.144. The second kappa shape index (κ2) is 8.12. The number of hydrogen-bond acceptors (Lipinski definition) is 2. The van der Waals surface area contributed by atoms with Crippen molar-refractivity contribution in [1.82, 2.24) is 10.6 Å². The maximum Gasteiger partial charge on any atom is 0.329 e. The fourth-order valence-corrected chi connectivity index (χ4v) is 2.91. The summed E-state index contributed by atoms with van der Waals surface area (Å²) in [5.74, 6) is -0.254. The summed E-state index contributed by atoms with van der Waals surface area (Å²) in [6.45, 7) is 4.18. The smallest absolute Gasteiger partial charge is 0.329 e. The van der Waals surface area contributed by atoms with Gasteiger partial charge < -0.3 is 15.7 Å². The molecule has 1 aliphatic rings. The number of carbonyl (C=O) groups excluding carboxylic acids is 1. The van der Waals surface area contributed by atoms with Gasteiger partial charge in [-0.25, -0.2) is 9.59 Å². The number of amides is 2. The van der Waals surface area contributed by atoms with Crippen molar-refractivity contribution in [1.29, 1.82) is 0 Å². The van der Waals surface area contributed by atoms with Gasteiger partial charge >= 0.3 is 12.0 Å². The van der Waals surface area contributed by atoms with E-state index in [2.05, 4.69) is 10.6 Å². The molecule has 0 aromatic carbocycles. The van der Waals surface area contributed by atoms with E-state index >= 15 is 0 Å². The van der Waals surface area contributed by atoms with Crippen LogP contribution in [0, 0.1) is 5.92 Å². The van der Waals surface area contributed by atoms with Gasteiger partial charge in [0.2, 0.25) is 0 Å². The van der Waals surface area contributed by atoms with Crippen LogP contribution >= 0.6 is 0 Å². The summed E-state index contributed by atoms with van der Waals surface area (Å²) in [7, 11) is 0. The lowest BCUT2D eigenvalue weighted by atomic mass is 9.87. The van der Waals surface area contributed by atoms with Gasteiger partial charge in [0.1, 0.15) is 5.54 Å². The summed E-state index contributed by atoms with van der Waals surface area (Å²) in [5, 5.41) is 14.7. The third-order valence-electron chi connectivity index (χ3n) is 4.53. The maximum atomic E-state index is 11.8. The van der Waals surface area contributed by atoms with Gasteiger partial charge in [0.05, 0.1) is 0 Å². The minimum atomic E-state index is -1.14. The van der Waals surface area contributed by atoms with Crippen LogP contribution in [0.2, 0.25) is 0 Å². The van der Waals surface area contributed by atoms with E-state index in [1.54, 1.807) is 13.8 Å². The molecule has 0 saturated heterocycles. The fourth-order valence-electron chi connectivity index (χ4n) is 2.91. The molecule has 0 heterocycles. The first-order valence-electron chi connectivity index (χ1n) is 7.83. The highest BCUT2D eigenvalue weighted by Crippen LogP contribution is 2.25. The van der Waals surface area contributed by atoms with Crippen LogP contribution in [-0.4, -0.2) is 29.2 Å². The van der Waals surface area contributed by atoms with Crippen LogP contribution in [-0.2, 0) is 4.79 Å². The Hall–Kier alpha value is -1.26. The summed E-state index contributed by atoms with van der Waals surface area (Å²) < 4.78 is 0. The average molecular weight is 284 g/mol. The molecule has 116 valence electrons. The average Bonchev–Trinajstić information content (AvgIpc) is 2.45. The van der Waals surface area contributed by atoms with Gasteiger partial charge in [0, 0.05) is 6.54 Å². The van der Waals surface area contributed by atoms with E-state index in [1.165, 1.54) is 32.1 Å². The summed E-state index contributed by atoms with van der Waals surface area (Å²) in [6, 6.07) is -0.369. The van der Waals surface area contributed by atoms with Gasteiger partial charge in [-0.15, -0.1) is 0 Å². The summed E-state index contributed by atoms with van der Waals surface area (Å²) >= 11 is 0. The maximum absolute atomic E-state index is 11.8. The Morgan fingerprint density at radius 2 is 1.75 bits per heavy atom. The summed E-state index contributed by atoms with van der Waals surface area (Å²) in [5.41, 5.74) is -1.14. The monoisotopic (exact) mass is 284 g/mol. The van der Waals surface area contributed by atoms with E-state index in [0.29, 0.717) is 25.3 Å². The van der Waals surface area contributed by atoms with E-state index in [0.717, 1.165) is 6.42 Å². The lowest BCUT2D eigenvalue weighted by Gasteiger charge is -2.28. The van der Waals surface area contributed by atoms with E-state index in [1.807, 2.05) is 0 Å². The van der Waals surface area contributed by atoms with Crippen molar-refractivity contribution in [3.63, 3.8) is 0 Å². The molecule has 0 aromatic heterocycles. The van der Waals surface area contributed by atoms with Crippen molar-refractivity contribution in [2.75, 3.05) is 6.54 Å². The van der Waals surface area contributed by atoms with Crippen LogP contribution in [0.25, 0.3) is 0 Å². The molecule has 0 radical (unpaired) electrons. The van der Waals surface area contributed by atoms with Gasteiger partial charge in [-0.2, -0.15) is 0 Å². The minimum absolute atomic E-state index is 0.369. The van der Waals surface area contributed by atoms with Gasteiger partial charge in [0.15, 0.2) is 0 Å². The first-order valence-corrected chi connectivity index (χ1v) is 7.83. The molecular weight excluding hydrogens is 256 g/mol. The van der Waals surface area contributed by atoms with Gasteiger partial charge in [-0.1, -0.05) is 46.0 Å². The molecule has 0 aliphatic heterocycles. The number of rotatable bonds is 7. The molecule has 1 aliphatic carbocycles. The molecular formula is C15H28N2O3. The quantitative estimate of drug-likeness (QED) is 0.672. The molecule has 1 saturated carbocycles. The first-order chi connectivity index (χ1) is 9.54. The summed E-state index contributed by atoms with van der Waals surface area (Å²) in [4.78, 5) is 23.1. The van der Waals surface area contributed by atoms with Crippen LogP contribution in [0.5, 0.6) is 0 Å². The molecule has 5 heteroatoms. The van der Waals surface area contributed by atoms with Gasteiger partial charge in [-0.3, -0.25) is 0 Å². The van der Waals surface area contributed by atoms with Crippen LogP contribution in [0.3, 0.4) is 0 Å². The highest BCUT2D eigenvalue weighted by Gasteiger charge is 2.36. The first kappa shape index (κ1) is 16.8. The Labute approximate surface area is 121 Å². The lowest BCUT2D eigenvalue weighted by Crippen LogP contribution is -2.56. The Morgan fingerprint density at radius 3 is 2.25 bits per heavy atom. The molecule has 20 heavy (non-hydrogen) atoms. The Kier molecular flexibility index (Phi) is 6.82. The zero-order valence-corrected chi connectivity index (χ0v) is 12.7. The summed E-state index contributed by atoms with van der Waals surface area (Å²) in [6.07, 6.45) is 8.20. The molecule has 0 unspecified atom stereocenters. The van der Waals surface area contributed by atoms with Crippen LogP contribution < -0.4 is 10.6 Å². The van der Waals surface area contributed by atoms with Crippen molar-refractivity contribution in [2.24, 2.45) is 5.92 Å². The Bertz CT molecular complexity index is 321. The highest BCUT2D eigenvalue weighted by molar-refractivity contribution is 5.86. The Morgan fingerprint density at radius 1 is 1.15 bits per heavy atom. The normalized spacial score (nSPS) is 16.7. The highest BCUT2D eigenvalue weighted by atomic mass is 16.4. The molecule has 1 fully saturated rings. The van der Waals surface area contributed by atoms with Crippen molar-refractivity contribution in [3.05, 3.63) is 0 Å². The van der Waals surface area contributed by atoms with E-state index < -0.39 is 11.5 Å². The molecule has 0 aromatic rings. The number of carbonyl (C=O) groups is 2. The molecule has 5 nitrogen and oxygen atoms in total. The standard InChI is InChI=1S/C15H28N2O3/c1-3-15(4-2,13(18)19)17-14(20)16-11-10-12-8-6-5-7-9-12/h12H,3-11H2,1-2H3,(H,18,19)(H2,16,17,20). The molecule has 1 rings (SSSR count). The third kappa shape index (κ3) is 4.69. The number of carboxylic acids is 1. The third-order valence-corrected chi connectivity index (χ3v) is 4.53. The number of carboxylic acid groups (broad SMARTS) is 1. The minimum Gasteiger partial charge on any atom is -0.480 e. The second-order valence-electron chi connectivity index (χ2n) is 5.77. The van der Waals surface area contributed by atoms with Gasteiger partial charge in [-0.05, 0) is 25.2 Å². The second-order valence-corrected chi connectivity index (χ2v) is 5.77. The van der Waals surface area contributed by atoms with Crippen molar-refractivity contribution >= 4 is 12.0 Å². The number of aliphatic carboxylic acids is 1. The predicted molar refractivity (Wildman–Crippen MR) is 78.7 cm³/mol. The van der Waals surface area contributed by atoms with Gasteiger partial charge in [0.25, 0.3) is 0 Å².